The molecule has 0 saturated heterocycles. The number of hydrogen-bond acceptors (Lipinski definition) is 3. The minimum absolute atomic E-state index is 0.254. The molecule has 0 unspecified atom stereocenters. The molecule has 0 bridgehead atoms. The molecule has 0 saturated carbocycles. The van der Waals surface area contributed by atoms with Gasteiger partial charge in [0.1, 0.15) is 0 Å². The summed E-state index contributed by atoms with van der Waals surface area (Å²) in [6.07, 6.45) is 3.40. The minimum Gasteiger partial charge on any atom is -0.369 e. The number of pyridine rings is 1. The summed E-state index contributed by atoms with van der Waals surface area (Å²) >= 11 is 6.16. The molecule has 27 heavy (non-hydrogen) atoms. The van der Waals surface area contributed by atoms with Crippen molar-refractivity contribution in [3.8, 4) is 11.3 Å². The van der Waals surface area contributed by atoms with Crippen LogP contribution in [0.2, 0.25) is 5.02 Å². The van der Waals surface area contributed by atoms with Crippen LogP contribution < -0.4 is 11.1 Å². The van der Waals surface area contributed by atoms with E-state index in [1.54, 1.807) is 0 Å². The molecule has 2 aromatic carbocycles. The lowest BCUT2D eigenvalue weighted by atomic mass is 10.1. The van der Waals surface area contributed by atoms with Gasteiger partial charge in [0.15, 0.2) is 0 Å². The number of anilines is 2. The third-order valence-corrected chi connectivity index (χ3v) is 5.02. The van der Waals surface area contributed by atoms with Gasteiger partial charge in [-0.25, -0.2) is 0 Å². The zero-order valence-electron chi connectivity index (χ0n) is 14.8. The number of hydrogen-bond donors (Lipinski definition) is 2. The first-order chi connectivity index (χ1) is 13.1. The highest BCUT2D eigenvalue weighted by molar-refractivity contribution is 6.30. The lowest BCUT2D eigenvalue weighted by Gasteiger charge is -2.14. The van der Waals surface area contributed by atoms with E-state index < -0.39 is 0 Å². The minimum atomic E-state index is -0.325. The van der Waals surface area contributed by atoms with Gasteiger partial charge in [0.2, 0.25) is 5.91 Å². The Kier molecular flexibility index (Phi) is 4.82. The average molecular weight is 378 g/mol. The van der Waals surface area contributed by atoms with Gasteiger partial charge in [-0.15, -0.1) is 0 Å². The van der Waals surface area contributed by atoms with Crippen LogP contribution in [0.25, 0.3) is 11.3 Å². The van der Waals surface area contributed by atoms with E-state index in [1.807, 2.05) is 48.5 Å². The number of amides is 1. The maximum atomic E-state index is 11.1. The fraction of sp³-hybridized carbons (Fsp3) is 0.182. The summed E-state index contributed by atoms with van der Waals surface area (Å²) in [5.74, 6) is -0.325. The van der Waals surface area contributed by atoms with E-state index in [0.29, 0.717) is 5.02 Å². The Bertz CT molecular complexity index is 999. The number of carbonyl (C=O) groups excluding carboxylic acids is 1. The third-order valence-electron chi connectivity index (χ3n) is 4.78. The molecule has 1 aliphatic carbocycles. The molecule has 0 radical (unpaired) electrons. The highest BCUT2D eigenvalue weighted by Gasteiger charge is 2.19. The van der Waals surface area contributed by atoms with E-state index in [0.717, 1.165) is 53.2 Å². The molecule has 0 aliphatic heterocycles. The zero-order chi connectivity index (χ0) is 18.8. The number of nitrogens with zero attached hydrogens (tertiary/aromatic N) is 1. The van der Waals surface area contributed by atoms with Crippen LogP contribution >= 0.6 is 11.6 Å². The number of aromatic nitrogens is 1. The van der Waals surface area contributed by atoms with Crippen molar-refractivity contribution >= 4 is 28.9 Å². The van der Waals surface area contributed by atoms with Crippen LogP contribution in [0.4, 0.5) is 11.4 Å². The quantitative estimate of drug-likeness (QED) is 0.679. The van der Waals surface area contributed by atoms with Gasteiger partial charge in [0, 0.05) is 27.7 Å². The van der Waals surface area contributed by atoms with Crippen molar-refractivity contribution in [2.75, 3.05) is 5.32 Å². The Hall–Kier alpha value is -2.85. The predicted molar refractivity (Wildman–Crippen MR) is 109 cm³/mol. The number of aryl methyl sites for hydroxylation is 1. The Morgan fingerprint density at radius 3 is 2.67 bits per heavy atom. The van der Waals surface area contributed by atoms with Crippen LogP contribution in [0.5, 0.6) is 0 Å². The van der Waals surface area contributed by atoms with E-state index in [-0.39, 0.29) is 12.3 Å². The van der Waals surface area contributed by atoms with Crippen LogP contribution in [0.3, 0.4) is 0 Å². The summed E-state index contributed by atoms with van der Waals surface area (Å²) < 4.78 is 0. The SMILES string of the molecule is NC(=O)Cc1ccc(Nc2cc(-c3cccc(Cl)c3)nc3c2CCC3)cc1. The molecule has 4 rings (SSSR count). The van der Waals surface area contributed by atoms with E-state index in [1.165, 1.54) is 5.56 Å². The molecule has 0 atom stereocenters. The maximum absolute atomic E-state index is 11.1. The predicted octanol–water partition coefficient (Wildman–Crippen LogP) is 4.66. The smallest absolute Gasteiger partial charge is 0.221 e. The molecule has 1 amide bonds. The first-order valence-electron chi connectivity index (χ1n) is 9.01. The highest BCUT2D eigenvalue weighted by Crippen LogP contribution is 2.34. The second-order valence-electron chi connectivity index (χ2n) is 6.81. The Labute approximate surface area is 163 Å². The molecular formula is C22H20ClN3O. The van der Waals surface area contributed by atoms with Crippen molar-refractivity contribution < 1.29 is 4.79 Å². The van der Waals surface area contributed by atoms with Crippen molar-refractivity contribution in [2.45, 2.75) is 25.7 Å². The fourth-order valence-electron chi connectivity index (χ4n) is 3.51. The van der Waals surface area contributed by atoms with E-state index in [4.69, 9.17) is 22.3 Å². The molecule has 0 spiro atoms. The fourth-order valence-corrected chi connectivity index (χ4v) is 3.70. The van der Waals surface area contributed by atoms with Gasteiger partial charge in [-0.3, -0.25) is 9.78 Å². The number of benzene rings is 2. The van der Waals surface area contributed by atoms with Gasteiger partial charge in [0.05, 0.1) is 12.1 Å². The number of rotatable bonds is 5. The molecular weight excluding hydrogens is 358 g/mol. The molecule has 3 N–H and O–H groups in total. The standard InChI is InChI=1S/C22H20ClN3O/c23-16-4-1-3-15(12-16)20-13-21(18-5-2-6-19(18)26-20)25-17-9-7-14(8-10-17)11-22(24)27/h1,3-4,7-10,12-13H,2,5-6,11H2,(H2,24,27)(H,25,26). The third kappa shape index (κ3) is 3.96. The number of carbonyl (C=O) groups is 1. The Morgan fingerprint density at radius 1 is 1.11 bits per heavy atom. The molecule has 1 heterocycles. The lowest BCUT2D eigenvalue weighted by molar-refractivity contribution is -0.117. The first kappa shape index (κ1) is 17.6. The summed E-state index contributed by atoms with van der Waals surface area (Å²) in [5, 5.41) is 4.22. The summed E-state index contributed by atoms with van der Waals surface area (Å²) in [7, 11) is 0. The van der Waals surface area contributed by atoms with Gasteiger partial charge in [-0.2, -0.15) is 0 Å². The number of primary amides is 1. The molecule has 1 aromatic heterocycles. The molecule has 136 valence electrons. The van der Waals surface area contributed by atoms with Gasteiger partial charge in [-0.1, -0.05) is 35.9 Å². The highest BCUT2D eigenvalue weighted by atomic mass is 35.5. The van der Waals surface area contributed by atoms with Crippen molar-refractivity contribution in [1.82, 2.24) is 4.98 Å². The number of nitrogens with two attached hydrogens (primary N) is 1. The largest absolute Gasteiger partial charge is 0.369 e. The zero-order valence-corrected chi connectivity index (χ0v) is 15.6. The summed E-state index contributed by atoms with van der Waals surface area (Å²) in [4.78, 5) is 15.9. The van der Waals surface area contributed by atoms with Crippen molar-refractivity contribution in [3.63, 3.8) is 0 Å². The van der Waals surface area contributed by atoms with E-state index in [2.05, 4.69) is 11.4 Å². The summed E-state index contributed by atoms with van der Waals surface area (Å²) in [5.41, 5.74) is 12.6. The van der Waals surface area contributed by atoms with Crippen LogP contribution in [-0.2, 0) is 24.1 Å². The van der Waals surface area contributed by atoms with Crippen LogP contribution in [-0.4, -0.2) is 10.9 Å². The second kappa shape index (κ2) is 7.41. The first-order valence-corrected chi connectivity index (χ1v) is 9.39. The molecule has 0 fully saturated rings. The van der Waals surface area contributed by atoms with Crippen molar-refractivity contribution in [2.24, 2.45) is 5.73 Å². The maximum Gasteiger partial charge on any atom is 0.221 e. The van der Waals surface area contributed by atoms with Crippen molar-refractivity contribution in [1.29, 1.82) is 0 Å². The van der Waals surface area contributed by atoms with Crippen molar-refractivity contribution in [3.05, 3.63) is 76.4 Å². The van der Waals surface area contributed by atoms with E-state index in [9.17, 15) is 4.79 Å². The van der Waals surface area contributed by atoms with Gasteiger partial charge >= 0.3 is 0 Å². The Balaban J connectivity index is 1.67. The topological polar surface area (TPSA) is 68.0 Å². The molecule has 1 aliphatic rings. The lowest BCUT2D eigenvalue weighted by Crippen LogP contribution is -2.13. The van der Waals surface area contributed by atoms with Crippen LogP contribution in [0.1, 0.15) is 23.2 Å². The molecule has 4 nitrogen and oxygen atoms in total. The van der Waals surface area contributed by atoms with Crippen LogP contribution in [0, 0.1) is 0 Å². The number of halogens is 1. The number of nitrogens with one attached hydrogen (secondary N) is 1. The molecule has 5 heteroatoms. The summed E-state index contributed by atoms with van der Waals surface area (Å²) in [6.45, 7) is 0. The number of fused-ring (bicyclic) bond motifs is 1. The average Bonchev–Trinajstić information content (AvgIpc) is 3.12. The second-order valence-corrected chi connectivity index (χ2v) is 7.25. The van der Waals surface area contributed by atoms with Gasteiger partial charge in [-0.05, 0) is 60.7 Å². The molecule has 3 aromatic rings. The van der Waals surface area contributed by atoms with E-state index >= 15 is 0 Å². The normalized spacial score (nSPS) is 12.6. The summed E-state index contributed by atoms with van der Waals surface area (Å²) in [6, 6.07) is 17.7. The van der Waals surface area contributed by atoms with Crippen LogP contribution in [0.15, 0.2) is 54.6 Å². The van der Waals surface area contributed by atoms with Gasteiger partial charge < -0.3 is 11.1 Å². The van der Waals surface area contributed by atoms with Gasteiger partial charge in [0.25, 0.3) is 0 Å². The monoisotopic (exact) mass is 377 g/mol. The Morgan fingerprint density at radius 2 is 1.93 bits per heavy atom.